The number of nitrogens with zero attached hydrogens (tertiary/aromatic N) is 6. The van der Waals surface area contributed by atoms with Gasteiger partial charge < -0.3 is 24.2 Å². The first-order valence-corrected chi connectivity index (χ1v) is 12.3. The molecule has 0 spiro atoms. The minimum Gasteiger partial charge on any atom is -0.359 e. The number of anilines is 2. The third-order valence-electron chi connectivity index (χ3n) is 6.49. The van der Waals surface area contributed by atoms with Crippen LogP contribution in [0.5, 0.6) is 0 Å². The Morgan fingerprint density at radius 1 is 1.06 bits per heavy atom. The maximum Gasteiger partial charge on any atom is 0.322 e. The van der Waals surface area contributed by atoms with Crippen molar-refractivity contribution >= 4 is 29.1 Å². The maximum atomic E-state index is 13.0. The first-order valence-electron chi connectivity index (χ1n) is 11.9. The Bertz CT molecular complexity index is 1390. The van der Waals surface area contributed by atoms with Gasteiger partial charge in [0.25, 0.3) is 0 Å². The van der Waals surface area contributed by atoms with E-state index < -0.39 is 0 Å². The van der Waals surface area contributed by atoms with E-state index in [-0.39, 0.29) is 6.03 Å². The van der Waals surface area contributed by atoms with Gasteiger partial charge in [0.05, 0.1) is 5.02 Å². The van der Waals surface area contributed by atoms with Gasteiger partial charge in [0, 0.05) is 49.4 Å². The third kappa shape index (κ3) is 4.39. The number of benzene rings is 1. The summed E-state index contributed by atoms with van der Waals surface area (Å²) in [5, 5.41) is 11.7. The zero-order valence-corrected chi connectivity index (χ0v) is 20.4. The lowest BCUT2D eigenvalue weighted by atomic mass is 10.1. The molecule has 1 aliphatic carbocycles. The van der Waals surface area contributed by atoms with Crippen LogP contribution < -0.4 is 10.2 Å². The van der Waals surface area contributed by atoms with E-state index in [4.69, 9.17) is 20.6 Å². The van der Waals surface area contributed by atoms with Gasteiger partial charge in [-0.25, -0.2) is 9.78 Å². The number of urea groups is 1. The van der Waals surface area contributed by atoms with Crippen molar-refractivity contribution in [3.8, 4) is 22.6 Å². The van der Waals surface area contributed by atoms with Crippen LogP contribution in [0, 0.1) is 6.92 Å². The van der Waals surface area contributed by atoms with Crippen LogP contribution in [0.15, 0.2) is 51.6 Å². The van der Waals surface area contributed by atoms with Crippen molar-refractivity contribution in [2.45, 2.75) is 25.7 Å². The zero-order chi connectivity index (χ0) is 24.6. The van der Waals surface area contributed by atoms with Crippen molar-refractivity contribution in [3.63, 3.8) is 0 Å². The normalized spacial score (nSPS) is 15.8. The van der Waals surface area contributed by atoms with Crippen LogP contribution in [-0.2, 0) is 0 Å². The zero-order valence-electron chi connectivity index (χ0n) is 19.6. The highest BCUT2D eigenvalue weighted by Gasteiger charge is 2.30. The largest absolute Gasteiger partial charge is 0.359 e. The molecule has 1 aliphatic heterocycles. The van der Waals surface area contributed by atoms with Crippen LogP contribution in [0.1, 0.15) is 30.4 Å². The molecule has 2 aliphatic rings. The van der Waals surface area contributed by atoms with Crippen molar-refractivity contribution in [2.75, 3.05) is 36.4 Å². The molecular weight excluding hydrogens is 482 g/mol. The molecule has 184 valence electrons. The number of piperazine rings is 1. The van der Waals surface area contributed by atoms with Gasteiger partial charge in [0.15, 0.2) is 5.76 Å². The number of carbonyl (C=O) groups excluding carboxylic acids is 1. The van der Waals surface area contributed by atoms with Gasteiger partial charge in [-0.3, -0.25) is 0 Å². The molecule has 10 nitrogen and oxygen atoms in total. The molecule has 0 atom stereocenters. The fourth-order valence-corrected chi connectivity index (χ4v) is 4.46. The van der Waals surface area contributed by atoms with Crippen molar-refractivity contribution in [3.05, 3.63) is 59.3 Å². The molecule has 1 N–H and O–H groups in total. The highest BCUT2D eigenvalue weighted by molar-refractivity contribution is 6.33. The Labute approximate surface area is 212 Å². The average molecular weight is 506 g/mol. The Balaban J connectivity index is 1.08. The molecule has 6 rings (SSSR count). The summed E-state index contributed by atoms with van der Waals surface area (Å²) in [6.07, 6.45) is 3.99. The second-order valence-electron chi connectivity index (χ2n) is 8.98. The number of amides is 2. The van der Waals surface area contributed by atoms with Crippen LogP contribution in [0.4, 0.5) is 16.3 Å². The lowest BCUT2D eigenvalue weighted by molar-refractivity contribution is 0.208. The molecule has 36 heavy (non-hydrogen) atoms. The minimum absolute atomic E-state index is 0.207. The summed E-state index contributed by atoms with van der Waals surface area (Å²) in [6.45, 7) is 4.19. The maximum absolute atomic E-state index is 13.0. The summed E-state index contributed by atoms with van der Waals surface area (Å²) in [7, 11) is 0. The van der Waals surface area contributed by atoms with Gasteiger partial charge in [-0.05, 0) is 38.0 Å². The third-order valence-corrected chi connectivity index (χ3v) is 6.82. The van der Waals surface area contributed by atoms with Gasteiger partial charge in [-0.2, -0.15) is 4.98 Å². The van der Waals surface area contributed by atoms with Gasteiger partial charge in [0.2, 0.25) is 11.7 Å². The number of nitrogens with one attached hydrogen (secondary N) is 1. The van der Waals surface area contributed by atoms with Gasteiger partial charge in [-0.15, -0.1) is 0 Å². The number of pyridine rings is 1. The van der Waals surface area contributed by atoms with E-state index in [0.29, 0.717) is 71.5 Å². The number of hydrogen-bond acceptors (Lipinski definition) is 8. The topological polar surface area (TPSA) is 113 Å². The van der Waals surface area contributed by atoms with E-state index in [1.165, 1.54) is 0 Å². The van der Waals surface area contributed by atoms with Gasteiger partial charge in [0.1, 0.15) is 17.2 Å². The fraction of sp³-hybridized carbons (Fsp3) is 0.320. The second kappa shape index (κ2) is 9.27. The highest BCUT2D eigenvalue weighted by atomic mass is 35.5. The molecule has 2 amide bonds. The molecule has 0 bridgehead atoms. The van der Waals surface area contributed by atoms with Crippen LogP contribution >= 0.6 is 11.6 Å². The molecule has 1 saturated heterocycles. The molecule has 3 aromatic heterocycles. The Morgan fingerprint density at radius 2 is 1.86 bits per heavy atom. The van der Waals surface area contributed by atoms with E-state index in [1.807, 2.05) is 30.3 Å². The molecule has 1 saturated carbocycles. The second-order valence-corrected chi connectivity index (χ2v) is 9.39. The van der Waals surface area contributed by atoms with Crippen molar-refractivity contribution in [1.82, 2.24) is 25.2 Å². The van der Waals surface area contributed by atoms with E-state index in [9.17, 15) is 4.79 Å². The van der Waals surface area contributed by atoms with Crippen molar-refractivity contribution in [2.24, 2.45) is 0 Å². The molecular formula is C25H24ClN7O3. The Morgan fingerprint density at radius 3 is 2.58 bits per heavy atom. The summed E-state index contributed by atoms with van der Waals surface area (Å²) in [5.74, 6) is 3.07. The van der Waals surface area contributed by atoms with Gasteiger partial charge >= 0.3 is 6.03 Å². The molecule has 0 radical (unpaired) electrons. The summed E-state index contributed by atoms with van der Waals surface area (Å²) < 4.78 is 10.7. The van der Waals surface area contributed by atoms with Gasteiger partial charge in [-0.1, -0.05) is 40.1 Å². The average Bonchev–Trinajstić information content (AvgIpc) is 3.54. The predicted octanol–water partition coefficient (Wildman–Crippen LogP) is 4.98. The summed E-state index contributed by atoms with van der Waals surface area (Å²) >= 11 is 6.33. The van der Waals surface area contributed by atoms with E-state index in [2.05, 4.69) is 30.5 Å². The standard InChI is InChI=1S/C25H24ClN7O3/c1-15-21(22(30-35-15)18-4-2-3-5-19(18)26)28-25(34)33-12-10-32(11-13-33)20-9-8-17(14-27-20)23-29-24(36-31-23)16-6-7-16/h2-5,8-9,14,16H,6-7,10-13H2,1H3,(H,28,34). The van der Waals surface area contributed by atoms with E-state index >= 15 is 0 Å². The van der Waals surface area contributed by atoms with Crippen LogP contribution in [0.25, 0.3) is 22.6 Å². The smallest absolute Gasteiger partial charge is 0.322 e. The first kappa shape index (κ1) is 22.5. The summed E-state index contributed by atoms with van der Waals surface area (Å²) in [6, 6.07) is 11.0. The molecule has 4 heterocycles. The molecule has 0 unspecified atom stereocenters. The molecule has 2 fully saturated rings. The van der Waals surface area contributed by atoms with E-state index in [1.54, 1.807) is 24.1 Å². The first-order chi connectivity index (χ1) is 17.6. The Hall–Kier alpha value is -3.92. The van der Waals surface area contributed by atoms with Crippen LogP contribution in [0.2, 0.25) is 5.02 Å². The number of aryl methyl sites for hydroxylation is 1. The number of carbonyl (C=O) groups is 1. The van der Waals surface area contributed by atoms with E-state index in [0.717, 1.165) is 24.2 Å². The fourth-order valence-electron chi connectivity index (χ4n) is 4.24. The lowest BCUT2D eigenvalue weighted by Crippen LogP contribution is -2.50. The highest BCUT2D eigenvalue weighted by Crippen LogP contribution is 2.39. The Kier molecular flexibility index (Phi) is 5.80. The predicted molar refractivity (Wildman–Crippen MR) is 134 cm³/mol. The van der Waals surface area contributed by atoms with Crippen LogP contribution in [0.3, 0.4) is 0 Å². The lowest BCUT2D eigenvalue weighted by Gasteiger charge is -2.35. The SMILES string of the molecule is Cc1onc(-c2ccccc2Cl)c1NC(=O)N1CCN(c2ccc(-c3noc(C4CC4)n3)cn2)CC1. The minimum atomic E-state index is -0.207. The molecule has 4 aromatic rings. The monoisotopic (exact) mass is 505 g/mol. The van der Waals surface area contributed by atoms with Crippen molar-refractivity contribution < 1.29 is 13.8 Å². The number of aromatic nitrogens is 4. The number of rotatable bonds is 5. The molecule has 11 heteroatoms. The van der Waals surface area contributed by atoms with Crippen LogP contribution in [-0.4, -0.2) is 57.4 Å². The van der Waals surface area contributed by atoms with Crippen molar-refractivity contribution in [1.29, 1.82) is 0 Å². The molecule has 1 aromatic carbocycles. The number of hydrogen-bond donors (Lipinski definition) is 1. The number of halogens is 1. The summed E-state index contributed by atoms with van der Waals surface area (Å²) in [5.41, 5.74) is 2.57. The summed E-state index contributed by atoms with van der Waals surface area (Å²) in [4.78, 5) is 26.0. The quantitative estimate of drug-likeness (QED) is 0.404.